The fraction of sp³-hybridized carbons (Fsp3) is 0.333. The zero-order valence-corrected chi connectivity index (χ0v) is 14.0. The number of nitrogens with zero attached hydrogens (tertiary/aromatic N) is 2. The summed E-state index contributed by atoms with van der Waals surface area (Å²) >= 11 is 0. The van der Waals surface area contributed by atoms with Crippen molar-refractivity contribution in [2.45, 2.75) is 13.1 Å². The predicted molar refractivity (Wildman–Crippen MR) is 93.1 cm³/mol. The Balaban J connectivity index is 1.62. The first-order valence-electron chi connectivity index (χ1n) is 8.02. The van der Waals surface area contributed by atoms with Crippen LogP contribution < -0.4 is 10.6 Å². The van der Waals surface area contributed by atoms with E-state index in [9.17, 15) is 4.79 Å². The SMILES string of the molecule is CNCc1cc(C(=O)N(C)Cc2ccc(C3=NCCN3)cc2)co1. The summed E-state index contributed by atoms with van der Waals surface area (Å²) in [5, 5.41) is 6.26. The summed E-state index contributed by atoms with van der Waals surface area (Å²) in [4.78, 5) is 18.6. The maximum Gasteiger partial charge on any atom is 0.257 e. The van der Waals surface area contributed by atoms with Crippen LogP contribution in [0.2, 0.25) is 0 Å². The van der Waals surface area contributed by atoms with Crippen LogP contribution in [0.5, 0.6) is 0 Å². The molecule has 0 saturated heterocycles. The molecule has 0 saturated carbocycles. The first-order chi connectivity index (χ1) is 11.7. The van der Waals surface area contributed by atoms with Gasteiger partial charge in [0.05, 0.1) is 18.7 Å². The molecular formula is C18H22N4O2. The van der Waals surface area contributed by atoms with E-state index in [4.69, 9.17) is 4.42 Å². The standard InChI is InChI=1S/C18H22N4O2/c1-19-10-16-9-15(12-24-16)18(23)22(2)11-13-3-5-14(6-4-13)17-20-7-8-21-17/h3-6,9,12,19H,7-8,10-11H2,1-2H3,(H,20,21). The molecule has 24 heavy (non-hydrogen) atoms. The maximum atomic E-state index is 12.5. The Kier molecular flexibility index (Phi) is 4.96. The number of hydrogen-bond donors (Lipinski definition) is 2. The van der Waals surface area contributed by atoms with Gasteiger partial charge in [0.2, 0.25) is 0 Å². The molecule has 0 aliphatic carbocycles. The highest BCUT2D eigenvalue weighted by Crippen LogP contribution is 2.13. The Hall–Kier alpha value is -2.60. The lowest BCUT2D eigenvalue weighted by atomic mass is 10.1. The molecule has 1 amide bonds. The van der Waals surface area contributed by atoms with Gasteiger partial charge in [-0.3, -0.25) is 9.79 Å². The van der Waals surface area contributed by atoms with E-state index < -0.39 is 0 Å². The van der Waals surface area contributed by atoms with Crippen molar-refractivity contribution < 1.29 is 9.21 Å². The van der Waals surface area contributed by atoms with Gasteiger partial charge in [-0.05, 0) is 18.7 Å². The van der Waals surface area contributed by atoms with E-state index in [1.165, 1.54) is 6.26 Å². The summed E-state index contributed by atoms with van der Waals surface area (Å²) in [6.07, 6.45) is 1.51. The minimum absolute atomic E-state index is 0.0491. The van der Waals surface area contributed by atoms with Crippen LogP contribution in [-0.4, -0.2) is 43.8 Å². The second-order valence-electron chi connectivity index (χ2n) is 5.85. The molecule has 0 unspecified atom stereocenters. The van der Waals surface area contributed by atoms with Crippen LogP contribution >= 0.6 is 0 Å². The van der Waals surface area contributed by atoms with Crippen LogP contribution in [0, 0.1) is 0 Å². The summed E-state index contributed by atoms with van der Waals surface area (Å²) in [6.45, 7) is 2.88. The number of furan rings is 1. The largest absolute Gasteiger partial charge is 0.467 e. The first kappa shape index (κ1) is 16.3. The molecule has 0 bridgehead atoms. The molecule has 3 rings (SSSR count). The monoisotopic (exact) mass is 326 g/mol. The smallest absolute Gasteiger partial charge is 0.257 e. The average molecular weight is 326 g/mol. The summed E-state index contributed by atoms with van der Waals surface area (Å²) in [6, 6.07) is 9.91. The molecule has 1 aliphatic rings. The number of carbonyl (C=O) groups excluding carboxylic acids is 1. The number of aliphatic imine (C=N–C) groups is 1. The second-order valence-corrected chi connectivity index (χ2v) is 5.85. The second kappa shape index (κ2) is 7.31. The molecule has 2 heterocycles. The minimum Gasteiger partial charge on any atom is -0.467 e. The van der Waals surface area contributed by atoms with E-state index in [1.807, 2.05) is 31.3 Å². The highest BCUT2D eigenvalue weighted by atomic mass is 16.3. The van der Waals surface area contributed by atoms with Crippen molar-refractivity contribution in [3.63, 3.8) is 0 Å². The molecule has 2 aromatic rings. The maximum absolute atomic E-state index is 12.5. The molecule has 2 N–H and O–H groups in total. The quantitative estimate of drug-likeness (QED) is 0.846. The third-order valence-electron chi connectivity index (χ3n) is 3.92. The normalized spacial score (nSPS) is 13.5. The summed E-state index contributed by atoms with van der Waals surface area (Å²) in [7, 11) is 3.63. The number of amides is 1. The third-order valence-corrected chi connectivity index (χ3v) is 3.92. The average Bonchev–Trinajstić information content (AvgIpc) is 3.27. The van der Waals surface area contributed by atoms with Crippen molar-refractivity contribution in [1.29, 1.82) is 0 Å². The van der Waals surface area contributed by atoms with Crippen molar-refractivity contribution in [1.82, 2.24) is 15.5 Å². The molecule has 0 atom stereocenters. The number of nitrogens with one attached hydrogen (secondary N) is 2. The molecule has 126 valence electrons. The van der Waals surface area contributed by atoms with Crippen LogP contribution in [0.4, 0.5) is 0 Å². The molecule has 6 nitrogen and oxygen atoms in total. The van der Waals surface area contributed by atoms with Gasteiger partial charge in [0.25, 0.3) is 5.91 Å². The Morgan fingerprint density at radius 3 is 2.83 bits per heavy atom. The van der Waals surface area contributed by atoms with Gasteiger partial charge in [0, 0.05) is 25.7 Å². The Morgan fingerprint density at radius 1 is 1.38 bits per heavy atom. The van der Waals surface area contributed by atoms with Crippen LogP contribution in [-0.2, 0) is 13.1 Å². The number of benzene rings is 1. The minimum atomic E-state index is -0.0491. The first-order valence-corrected chi connectivity index (χ1v) is 8.02. The summed E-state index contributed by atoms with van der Waals surface area (Å²) in [5.41, 5.74) is 2.73. The van der Waals surface area contributed by atoms with E-state index in [0.29, 0.717) is 18.7 Å². The van der Waals surface area contributed by atoms with Crippen LogP contribution in [0.1, 0.15) is 27.2 Å². The van der Waals surface area contributed by atoms with Crippen LogP contribution in [0.15, 0.2) is 46.0 Å². The van der Waals surface area contributed by atoms with Crippen molar-refractivity contribution >= 4 is 11.7 Å². The molecule has 0 radical (unpaired) electrons. The molecule has 0 spiro atoms. The lowest BCUT2D eigenvalue weighted by Gasteiger charge is -2.16. The predicted octanol–water partition coefficient (Wildman–Crippen LogP) is 1.62. The van der Waals surface area contributed by atoms with Gasteiger partial charge in [-0.25, -0.2) is 0 Å². The fourth-order valence-electron chi connectivity index (χ4n) is 2.69. The van der Waals surface area contributed by atoms with E-state index in [2.05, 4.69) is 15.6 Å². The lowest BCUT2D eigenvalue weighted by molar-refractivity contribution is 0.0784. The molecule has 6 heteroatoms. The number of rotatable bonds is 6. The lowest BCUT2D eigenvalue weighted by Crippen LogP contribution is -2.26. The van der Waals surface area contributed by atoms with Crippen molar-refractivity contribution in [3.8, 4) is 0 Å². The Morgan fingerprint density at radius 2 is 2.17 bits per heavy atom. The summed E-state index contributed by atoms with van der Waals surface area (Å²) < 4.78 is 5.37. The topological polar surface area (TPSA) is 69.9 Å². The molecule has 1 aromatic carbocycles. The van der Waals surface area contributed by atoms with E-state index in [-0.39, 0.29) is 5.91 Å². The van der Waals surface area contributed by atoms with E-state index in [0.717, 1.165) is 35.8 Å². The van der Waals surface area contributed by atoms with E-state index in [1.54, 1.807) is 18.0 Å². The van der Waals surface area contributed by atoms with E-state index >= 15 is 0 Å². The van der Waals surface area contributed by atoms with Crippen molar-refractivity contribution in [2.75, 3.05) is 27.2 Å². The molecule has 1 aromatic heterocycles. The number of carbonyl (C=O) groups is 1. The van der Waals surface area contributed by atoms with Gasteiger partial charge in [-0.15, -0.1) is 0 Å². The van der Waals surface area contributed by atoms with Gasteiger partial charge in [0.1, 0.15) is 17.9 Å². The van der Waals surface area contributed by atoms with Gasteiger partial charge < -0.3 is 20.0 Å². The zero-order valence-electron chi connectivity index (χ0n) is 14.0. The number of hydrogen-bond acceptors (Lipinski definition) is 5. The molecule has 1 aliphatic heterocycles. The Bertz CT molecular complexity index is 734. The van der Waals surface area contributed by atoms with Gasteiger partial charge >= 0.3 is 0 Å². The summed E-state index contributed by atoms with van der Waals surface area (Å²) in [5.74, 6) is 1.65. The highest BCUT2D eigenvalue weighted by molar-refractivity contribution is 5.99. The fourth-order valence-corrected chi connectivity index (χ4v) is 2.69. The van der Waals surface area contributed by atoms with Gasteiger partial charge in [-0.2, -0.15) is 0 Å². The molecular weight excluding hydrogens is 304 g/mol. The van der Waals surface area contributed by atoms with Gasteiger partial charge in [0.15, 0.2) is 0 Å². The highest BCUT2D eigenvalue weighted by Gasteiger charge is 2.15. The molecule has 0 fully saturated rings. The van der Waals surface area contributed by atoms with Crippen LogP contribution in [0.25, 0.3) is 0 Å². The Labute approximate surface area is 141 Å². The number of amidine groups is 1. The van der Waals surface area contributed by atoms with Crippen LogP contribution in [0.3, 0.4) is 0 Å². The van der Waals surface area contributed by atoms with Gasteiger partial charge in [-0.1, -0.05) is 24.3 Å². The zero-order chi connectivity index (χ0) is 16.9. The third kappa shape index (κ3) is 3.65. The van der Waals surface area contributed by atoms with Crippen molar-refractivity contribution in [2.24, 2.45) is 4.99 Å². The van der Waals surface area contributed by atoms with Crippen molar-refractivity contribution in [3.05, 3.63) is 59.0 Å².